The number of carbonyl (C=O) groups is 4. The van der Waals surface area contributed by atoms with Crippen molar-refractivity contribution in [3.8, 4) is 0 Å². The Morgan fingerprint density at radius 3 is 1.65 bits per heavy atom. The van der Waals surface area contributed by atoms with Crippen molar-refractivity contribution < 1.29 is 24.3 Å². The first kappa shape index (κ1) is 24.5. The van der Waals surface area contributed by atoms with E-state index in [2.05, 4.69) is 41.2 Å². The molecule has 0 fully saturated rings. The fraction of sp³-hybridized carbons (Fsp3) is 0.733. The molecule has 0 aromatic rings. The summed E-state index contributed by atoms with van der Waals surface area (Å²) >= 11 is 7.92. The van der Waals surface area contributed by atoms with Gasteiger partial charge in [-0.15, -0.1) is 0 Å². The Morgan fingerprint density at radius 1 is 0.846 bits per heavy atom. The van der Waals surface area contributed by atoms with E-state index in [1.807, 2.05) is 13.8 Å². The lowest BCUT2D eigenvalue weighted by molar-refractivity contribution is -0.141. The van der Waals surface area contributed by atoms with Crippen LogP contribution in [0.3, 0.4) is 0 Å². The number of carbonyl (C=O) groups excluding carboxylic acids is 3. The van der Waals surface area contributed by atoms with E-state index in [9.17, 15) is 19.2 Å². The van der Waals surface area contributed by atoms with Crippen LogP contribution in [0.15, 0.2) is 0 Å². The Kier molecular flexibility index (Phi) is 11.3. The first-order valence-electron chi connectivity index (χ1n) is 8.14. The van der Waals surface area contributed by atoms with E-state index >= 15 is 0 Å². The molecule has 6 N–H and O–H groups in total. The Hall–Kier alpha value is -1.46. The van der Waals surface area contributed by atoms with Crippen LogP contribution < -0.4 is 21.7 Å². The van der Waals surface area contributed by atoms with Crippen molar-refractivity contribution in [3.05, 3.63) is 0 Å². The molecule has 0 spiro atoms. The topological polar surface area (TPSA) is 151 Å². The van der Waals surface area contributed by atoms with Gasteiger partial charge in [0.2, 0.25) is 17.7 Å². The van der Waals surface area contributed by atoms with Gasteiger partial charge in [-0.2, -0.15) is 25.3 Å². The van der Waals surface area contributed by atoms with Crippen LogP contribution in [0.1, 0.15) is 27.2 Å². The molecule has 0 saturated heterocycles. The SMILES string of the molecule is CC(C)CC(NC(=O)C(CS)NC(=O)C(C)N)C(=O)NC(CS)C(=O)O. The van der Waals surface area contributed by atoms with E-state index in [1.54, 1.807) is 0 Å². The van der Waals surface area contributed by atoms with Gasteiger partial charge in [0.15, 0.2) is 0 Å². The monoisotopic (exact) mass is 408 g/mol. The minimum Gasteiger partial charge on any atom is -0.480 e. The second-order valence-corrected chi connectivity index (χ2v) is 7.04. The van der Waals surface area contributed by atoms with Crippen molar-refractivity contribution in [2.24, 2.45) is 11.7 Å². The van der Waals surface area contributed by atoms with Crippen LogP contribution >= 0.6 is 25.3 Å². The van der Waals surface area contributed by atoms with Crippen LogP contribution in [0.2, 0.25) is 0 Å². The Balaban J connectivity index is 5.12. The number of carboxylic acids is 1. The van der Waals surface area contributed by atoms with Gasteiger partial charge in [0.05, 0.1) is 6.04 Å². The third-order valence-corrected chi connectivity index (χ3v) is 4.10. The molecular weight excluding hydrogens is 380 g/mol. The number of rotatable bonds is 11. The van der Waals surface area contributed by atoms with Crippen LogP contribution in [0, 0.1) is 5.92 Å². The van der Waals surface area contributed by atoms with Gasteiger partial charge in [-0.1, -0.05) is 13.8 Å². The van der Waals surface area contributed by atoms with Crippen molar-refractivity contribution in [1.82, 2.24) is 16.0 Å². The van der Waals surface area contributed by atoms with E-state index in [1.165, 1.54) is 6.92 Å². The second-order valence-electron chi connectivity index (χ2n) is 6.31. The zero-order valence-corrected chi connectivity index (χ0v) is 16.8. The molecule has 26 heavy (non-hydrogen) atoms. The van der Waals surface area contributed by atoms with Crippen LogP contribution in [-0.4, -0.2) is 64.5 Å². The molecule has 3 amide bonds. The number of hydrogen-bond acceptors (Lipinski definition) is 7. The lowest BCUT2D eigenvalue weighted by Gasteiger charge is -2.25. The molecule has 0 aliphatic rings. The number of nitrogens with two attached hydrogens (primary N) is 1. The normalized spacial score (nSPS) is 15.5. The highest BCUT2D eigenvalue weighted by Gasteiger charge is 2.29. The summed E-state index contributed by atoms with van der Waals surface area (Å²) in [7, 11) is 0. The summed E-state index contributed by atoms with van der Waals surface area (Å²) in [5.41, 5.74) is 5.46. The maximum absolute atomic E-state index is 12.4. The van der Waals surface area contributed by atoms with Crippen LogP contribution in [0.5, 0.6) is 0 Å². The number of aliphatic carboxylic acids is 1. The van der Waals surface area contributed by atoms with Gasteiger partial charge in [0, 0.05) is 11.5 Å². The molecule has 11 heteroatoms. The molecule has 0 saturated carbocycles. The van der Waals surface area contributed by atoms with Crippen molar-refractivity contribution in [1.29, 1.82) is 0 Å². The molecule has 4 unspecified atom stereocenters. The summed E-state index contributed by atoms with van der Waals surface area (Å²) in [6.07, 6.45) is 0.289. The Bertz CT molecular complexity index is 516. The van der Waals surface area contributed by atoms with Gasteiger partial charge in [-0.05, 0) is 19.3 Å². The van der Waals surface area contributed by atoms with Crippen LogP contribution in [0.4, 0.5) is 0 Å². The largest absolute Gasteiger partial charge is 0.480 e. The quantitative estimate of drug-likeness (QED) is 0.213. The minimum atomic E-state index is -1.22. The highest BCUT2D eigenvalue weighted by Crippen LogP contribution is 2.06. The van der Waals surface area contributed by atoms with Crippen LogP contribution in [-0.2, 0) is 19.2 Å². The standard InChI is InChI=1S/C15H28N4O5S2/c1-7(2)4-9(13(21)19-11(6-26)15(23)24)17-14(22)10(5-25)18-12(20)8(3)16/h7-11,25-26H,4-6,16H2,1-3H3,(H,17,22)(H,18,20)(H,19,21)(H,23,24). The summed E-state index contributed by atoms with van der Waals surface area (Å²) in [6.45, 7) is 5.18. The Morgan fingerprint density at radius 2 is 1.27 bits per heavy atom. The molecule has 0 heterocycles. The zero-order chi connectivity index (χ0) is 20.4. The van der Waals surface area contributed by atoms with E-state index in [0.717, 1.165) is 0 Å². The zero-order valence-electron chi connectivity index (χ0n) is 15.1. The number of nitrogens with one attached hydrogen (secondary N) is 3. The van der Waals surface area contributed by atoms with Crippen molar-refractivity contribution in [2.45, 2.75) is 51.4 Å². The summed E-state index contributed by atoms with van der Waals surface area (Å²) in [4.78, 5) is 47.5. The number of thiol groups is 2. The molecule has 0 radical (unpaired) electrons. The van der Waals surface area contributed by atoms with E-state index < -0.39 is 47.9 Å². The second kappa shape index (κ2) is 12.0. The average molecular weight is 409 g/mol. The lowest BCUT2D eigenvalue weighted by Crippen LogP contribution is -2.57. The average Bonchev–Trinajstić information content (AvgIpc) is 2.55. The summed E-state index contributed by atoms with van der Waals surface area (Å²) in [6, 6.07) is -3.90. The summed E-state index contributed by atoms with van der Waals surface area (Å²) in [5, 5.41) is 16.3. The van der Waals surface area contributed by atoms with Crippen molar-refractivity contribution in [2.75, 3.05) is 11.5 Å². The maximum atomic E-state index is 12.4. The Labute approximate surface area is 164 Å². The molecule has 0 aliphatic carbocycles. The van der Waals surface area contributed by atoms with E-state index in [-0.39, 0.29) is 23.8 Å². The summed E-state index contributed by atoms with van der Waals surface area (Å²) in [5.74, 6) is -3.01. The van der Waals surface area contributed by atoms with Crippen molar-refractivity contribution >= 4 is 48.9 Å². The molecule has 150 valence electrons. The van der Waals surface area contributed by atoms with E-state index in [0.29, 0.717) is 0 Å². The van der Waals surface area contributed by atoms with Gasteiger partial charge in [-0.3, -0.25) is 14.4 Å². The fourth-order valence-electron chi connectivity index (χ4n) is 1.93. The number of amides is 3. The van der Waals surface area contributed by atoms with Gasteiger partial charge in [-0.25, -0.2) is 4.79 Å². The van der Waals surface area contributed by atoms with Gasteiger partial charge in [0.1, 0.15) is 18.1 Å². The lowest BCUT2D eigenvalue weighted by atomic mass is 10.0. The molecule has 4 atom stereocenters. The minimum absolute atomic E-state index is 0.00863. The number of carboxylic acid groups (broad SMARTS) is 1. The molecule has 0 bridgehead atoms. The predicted molar refractivity (Wildman–Crippen MR) is 104 cm³/mol. The highest BCUT2D eigenvalue weighted by atomic mass is 32.1. The first-order chi connectivity index (χ1) is 12.0. The maximum Gasteiger partial charge on any atom is 0.327 e. The smallest absolute Gasteiger partial charge is 0.327 e. The summed E-state index contributed by atoms with van der Waals surface area (Å²) < 4.78 is 0. The molecule has 0 aromatic heterocycles. The molecule has 0 aliphatic heterocycles. The molecule has 0 aromatic carbocycles. The van der Waals surface area contributed by atoms with E-state index in [4.69, 9.17) is 10.8 Å². The van der Waals surface area contributed by atoms with Crippen LogP contribution in [0.25, 0.3) is 0 Å². The molecule has 9 nitrogen and oxygen atoms in total. The third-order valence-electron chi connectivity index (χ3n) is 3.37. The number of hydrogen-bond donors (Lipinski definition) is 7. The van der Waals surface area contributed by atoms with Gasteiger partial charge < -0.3 is 26.8 Å². The fourth-order valence-corrected chi connectivity index (χ4v) is 2.43. The predicted octanol–water partition coefficient (Wildman–Crippen LogP) is -1.22. The van der Waals surface area contributed by atoms with Crippen molar-refractivity contribution in [3.63, 3.8) is 0 Å². The van der Waals surface area contributed by atoms with Gasteiger partial charge >= 0.3 is 5.97 Å². The molecule has 0 rings (SSSR count). The third kappa shape index (κ3) is 8.77. The molecular formula is C15H28N4O5S2. The van der Waals surface area contributed by atoms with Gasteiger partial charge in [0.25, 0.3) is 0 Å². The first-order valence-corrected chi connectivity index (χ1v) is 9.41. The highest BCUT2D eigenvalue weighted by molar-refractivity contribution is 7.80.